The molecule has 0 heterocycles. The van der Waals surface area contributed by atoms with Crippen LogP contribution < -0.4 is 5.32 Å². The number of carbonyl (C=O) groups is 1. The lowest BCUT2D eigenvalue weighted by Gasteiger charge is -2.21. The molecule has 1 fully saturated rings. The van der Waals surface area contributed by atoms with Crippen LogP contribution in [-0.2, 0) is 0 Å². The summed E-state index contributed by atoms with van der Waals surface area (Å²) >= 11 is 4.12. The molecule has 1 aromatic carbocycles. The van der Waals surface area contributed by atoms with E-state index in [4.69, 9.17) is 0 Å². The van der Waals surface area contributed by atoms with Crippen LogP contribution in [0.2, 0.25) is 0 Å². The highest BCUT2D eigenvalue weighted by molar-refractivity contribution is 7.80. The Labute approximate surface area is 112 Å². The average molecular weight is 267 g/mol. The molecule has 18 heavy (non-hydrogen) atoms. The van der Waals surface area contributed by atoms with Crippen LogP contribution in [0.3, 0.4) is 0 Å². The van der Waals surface area contributed by atoms with E-state index in [1.165, 1.54) is 37.5 Å². The molecular formula is C14H18FNOS. The van der Waals surface area contributed by atoms with Gasteiger partial charge in [-0.25, -0.2) is 4.39 Å². The maximum atomic E-state index is 13.5. The Bertz CT molecular complexity index is 430. The number of rotatable bonds is 3. The van der Waals surface area contributed by atoms with E-state index in [2.05, 4.69) is 17.9 Å². The van der Waals surface area contributed by atoms with Gasteiger partial charge in [-0.15, -0.1) is 12.6 Å². The van der Waals surface area contributed by atoms with Gasteiger partial charge in [0.15, 0.2) is 0 Å². The highest BCUT2D eigenvalue weighted by Gasteiger charge is 2.16. The first-order valence-corrected chi connectivity index (χ1v) is 6.88. The van der Waals surface area contributed by atoms with Gasteiger partial charge in [-0.2, -0.15) is 0 Å². The Morgan fingerprint density at radius 2 is 2.06 bits per heavy atom. The van der Waals surface area contributed by atoms with Gasteiger partial charge in [0.05, 0.1) is 5.56 Å². The number of nitrogens with one attached hydrogen (secondary N) is 1. The van der Waals surface area contributed by atoms with Gasteiger partial charge >= 0.3 is 0 Å². The number of carbonyl (C=O) groups excluding carboxylic acids is 1. The first-order valence-electron chi connectivity index (χ1n) is 6.43. The van der Waals surface area contributed by atoms with E-state index in [1.807, 2.05) is 0 Å². The smallest absolute Gasteiger partial charge is 0.254 e. The lowest BCUT2D eigenvalue weighted by Crippen LogP contribution is -2.30. The minimum absolute atomic E-state index is 0.0818. The molecule has 0 aromatic heterocycles. The van der Waals surface area contributed by atoms with Crippen molar-refractivity contribution in [1.29, 1.82) is 0 Å². The maximum Gasteiger partial charge on any atom is 0.254 e. The summed E-state index contributed by atoms with van der Waals surface area (Å²) in [4.78, 5) is 12.5. The second-order valence-electron chi connectivity index (χ2n) is 4.88. The summed E-state index contributed by atoms with van der Waals surface area (Å²) in [5, 5.41) is 2.82. The van der Waals surface area contributed by atoms with Gasteiger partial charge in [0, 0.05) is 11.4 Å². The molecule has 2 nitrogen and oxygen atoms in total. The number of thiol groups is 1. The molecule has 0 bridgehead atoms. The lowest BCUT2D eigenvalue weighted by molar-refractivity contribution is 0.0939. The van der Waals surface area contributed by atoms with Crippen LogP contribution in [0, 0.1) is 11.7 Å². The van der Waals surface area contributed by atoms with Crippen molar-refractivity contribution in [1.82, 2.24) is 5.32 Å². The first kappa shape index (κ1) is 13.4. The zero-order chi connectivity index (χ0) is 13.0. The Hall–Kier alpha value is -1.03. The van der Waals surface area contributed by atoms with E-state index >= 15 is 0 Å². The molecule has 1 saturated carbocycles. The molecule has 0 aliphatic heterocycles. The van der Waals surface area contributed by atoms with Crippen molar-refractivity contribution in [2.75, 3.05) is 6.54 Å². The number of halogens is 1. The van der Waals surface area contributed by atoms with Crippen molar-refractivity contribution in [3.05, 3.63) is 29.6 Å². The zero-order valence-electron chi connectivity index (χ0n) is 10.3. The third-order valence-electron chi connectivity index (χ3n) is 3.47. The van der Waals surface area contributed by atoms with Crippen molar-refractivity contribution in [2.45, 2.75) is 37.0 Å². The van der Waals surface area contributed by atoms with Crippen molar-refractivity contribution < 1.29 is 9.18 Å². The van der Waals surface area contributed by atoms with Crippen LogP contribution in [0.15, 0.2) is 23.1 Å². The largest absolute Gasteiger partial charge is 0.352 e. The van der Waals surface area contributed by atoms with Gasteiger partial charge in [-0.3, -0.25) is 4.79 Å². The molecule has 1 aromatic rings. The quantitative estimate of drug-likeness (QED) is 0.807. The summed E-state index contributed by atoms with van der Waals surface area (Å²) in [6.07, 6.45) is 6.09. The molecule has 4 heteroatoms. The molecular weight excluding hydrogens is 249 g/mol. The van der Waals surface area contributed by atoms with E-state index in [0.717, 1.165) is 12.8 Å². The predicted molar refractivity (Wildman–Crippen MR) is 72.6 cm³/mol. The SMILES string of the molecule is O=C(NCC1CCCCC1)c1cc(S)ccc1F. The molecule has 0 atom stereocenters. The molecule has 1 aliphatic rings. The molecule has 0 spiro atoms. The van der Waals surface area contributed by atoms with Crippen molar-refractivity contribution in [3.63, 3.8) is 0 Å². The molecule has 0 saturated heterocycles. The fourth-order valence-corrected chi connectivity index (χ4v) is 2.61. The number of hydrogen-bond acceptors (Lipinski definition) is 2. The van der Waals surface area contributed by atoms with Gasteiger partial charge in [0.1, 0.15) is 5.82 Å². The van der Waals surface area contributed by atoms with Gasteiger partial charge in [0.25, 0.3) is 5.91 Å². The minimum Gasteiger partial charge on any atom is -0.352 e. The predicted octanol–water partition coefficient (Wildman–Crippen LogP) is 3.42. The zero-order valence-corrected chi connectivity index (χ0v) is 11.2. The number of benzene rings is 1. The monoisotopic (exact) mass is 267 g/mol. The normalized spacial score (nSPS) is 16.6. The van der Waals surface area contributed by atoms with E-state index in [-0.39, 0.29) is 11.5 Å². The van der Waals surface area contributed by atoms with Crippen LogP contribution in [-0.4, -0.2) is 12.5 Å². The van der Waals surface area contributed by atoms with E-state index in [0.29, 0.717) is 17.4 Å². The second-order valence-corrected chi connectivity index (χ2v) is 5.39. The van der Waals surface area contributed by atoms with Crippen LogP contribution in [0.25, 0.3) is 0 Å². The molecule has 98 valence electrons. The van der Waals surface area contributed by atoms with Crippen LogP contribution in [0.1, 0.15) is 42.5 Å². The number of hydrogen-bond donors (Lipinski definition) is 2. The average Bonchev–Trinajstić information content (AvgIpc) is 2.40. The summed E-state index contributed by atoms with van der Waals surface area (Å²) in [5.41, 5.74) is 0.0818. The Morgan fingerprint density at radius 1 is 1.33 bits per heavy atom. The Kier molecular flexibility index (Phi) is 4.64. The van der Waals surface area contributed by atoms with Crippen LogP contribution in [0.5, 0.6) is 0 Å². The Balaban J connectivity index is 1.92. The summed E-state index contributed by atoms with van der Waals surface area (Å²) in [5.74, 6) is -0.284. The Morgan fingerprint density at radius 3 is 2.78 bits per heavy atom. The third kappa shape index (κ3) is 3.48. The van der Waals surface area contributed by atoms with Crippen molar-refractivity contribution >= 4 is 18.5 Å². The van der Waals surface area contributed by atoms with Gasteiger partial charge in [0.2, 0.25) is 0 Å². The topological polar surface area (TPSA) is 29.1 Å². The molecule has 1 amide bonds. The molecule has 0 unspecified atom stereocenters. The van der Waals surface area contributed by atoms with Crippen LogP contribution in [0.4, 0.5) is 4.39 Å². The maximum absolute atomic E-state index is 13.5. The highest BCUT2D eigenvalue weighted by Crippen LogP contribution is 2.23. The molecule has 1 aliphatic carbocycles. The second kappa shape index (κ2) is 6.23. The first-order chi connectivity index (χ1) is 8.66. The molecule has 2 rings (SSSR count). The van der Waals surface area contributed by atoms with E-state index < -0.39 is 5.82 Å². The summed E-state index contributed by atoms with van der Waals surface area (Å²) in [6, 6.07) is 4.28. The summed E-state index contributed by atoms with van der Waals surface area (Å²) in [6.45, 7) is 0.648. The van der Waals surface area contributed by atoms with E-state index in [1.54, 1.807) is 0 Å². The highest BCUT2D eigenvalue weighted by atomic mass is 32.1. The van der Waals surface area contributed by atoms with Gasteiger partial charge < -0.3 is 5.32 Å². The molecule has 1 N–H and O–H groups in total. The van der Waals surface area contributed by atoms with Crippen LogP contribution >= 0.6 is 12.6 Å². The van der Waals surface area contributed by atoms with Crippen molar-refractivity contribution in [2.24, 2.45) is 5.92 Å². The lowest BCUT2D eigenvalue weighted by atomic mass is 9.89. The number of amides is 1. The summed E-state index contributed by atoms with van der Waals surface area (Å²) in [7, 11) is 0. The molecule has 0 radical (unpaired) electrons. The standard InChI is InChI=1S/C14H18FNOS/c15-13-7-6-11(18)8-12(13)14(17)16-9-10-4-2-1-3-5-10/h6-8,10,18H,1-5,9H2,(H,16,17). The van der Waals surface area contributed by atoms with Crippen molar-refractivity contribution in [3.8, 4) is 0 Å². The third-order valence-corrected chi connectivity index (χ3v) is 3.75. The fraction of sp³-hybridized carbons (Fsp3) is 0.500. The summed E-state index contributed by atoms with van der Waals surface area (Å²) < 4.78 is 13.5. The van der Waals surface area contributed by atoms with Gasteiger partial charge in [-0.1, -0.05) is 19.3 Å². The van der Waals surface area contributed by atoms with Gasteiger partial charge in [-0.05, 0) is 37.0 Å². The fourth-order valence-electron chi connectivity index (χ4n) is 2.41. The van der Waals surface area contributed by atoms with E-state index in [9.17, 15) is 9.18 Å². The minimum atomic E-state index is -0.492.